The third-order valence-electron chi connectivity index (χ3n) is 3.54. The first-order chi connectivity index (χ1) is 9.22. The van der Waals surface area contributed by atoms with Crippen LogP contribution in [0.5, 0.6) is 5.75 Å². The number of hydrogen-bond acceptors (Lipinski definition) is 3. The van der Waals surface area contributed by atoms with Gasteiger partial charge in [-0.3, -0.25) is 4.79 Å². The number of carbonyl (C=O) groups is 1. The van der Waals surface area contributed by atoms with Gasteiger partial charge in [-0.2, -0.15) is 0 Å². The van der Waals surface area contributed by atoms with Gasteiger partial charge in [-0.1, -0.05) is 35.9 Å². The minimum Gasteiger partial charge on any atom is -0.460 e. The van der Waals surface area contributed by atoms with E-state index in [-0.39, 0.29) is 5.78 Å². The Labute approximate surface area is 114 Å². The maximum absolute atomic E-state index is 12.6. The molecule has 1 fully saturated rings. The Morgan fingerprint density at radius 3 is 2.58 bits per heavy atom. The average molecular weight is 273 g/mol. The molecule has 3 nitrogen and oxygen atoms in total. The molecule has 2 atom stereocenters. The Hall–Kier alpha value is -1.84. The molecule has 0 amide bonds. The summed E-state index contributed by atoms with van der Waals surface area (Å²) < 4.78 is 11.3. The van der Waals surface area contributed by atoms with E-state index in [1.807, 2.05) is 12.1 Å². The number of epoxide rings is 1. The summed E-state index contributed by atoms with van der Waals surface area (Å²) in [6.07, 6.45) is -0.531. The van der Waals surface area contributed by atoms with Crippen molar-refractivity contribution in [2.24, 2.45) is 0 Å². The first-order valence-electron chi connectivity index (χ1n) is 5.96. The predicted octanol–water partition coefficient (Wildman–Crippen LogP) is 3.17. The molecule has 2 aromatic carbocycles. The number of Topliss-reactive ketones (excluding diaryl/α,β-unsaturated/α-hetero) is 1. The van der Waals surface area contributed by atoms with Gasteiger partial charge in [0.25, 0.3) is 0 Å². The smallest absolute Gasteiger partial charge is 0.242 e. The second-order valence-electron chi connectivity index (χ2n) is 4.64. The maximum Gasteiger partial charge on any atom is 0.242 e. The standard InChI is InChI=1S/C15H9ClO3/c16-10-7-5-9(6-8-10)15-13(17)11-3-1-2-4-12(11)18-14(15)19-15/h1-8,14H. The molecule has 0 bridgehead atoms. The van der Waals surface area contributed by atoms with Crippen LogP contribution in [0.2, 0.25) is 5.02 Å². The molecular formula is C15H9ClO3. The van der Waals surface area contributed by atoms with Crippen LogP contribution in [0.15, 0.2) is 48.5 Å². The Morgan fingerprint density at radius 1 is 1.05 bits per heavy atom. The third kappa shape index (κ3) is 1.40. The summed E-state index contributed by atoms with van der Waals surface area (Å²) in [7, 11) is 0. The van der Waals surface area contributed by atoms with Crippen molar-refractivity contribution in [3.05, 3.63) is 64.7 Å². The minimum absolute atomic E-state index is 0.0540. The lowest BCUT2D eigenvalue weighted by molar-refractivity contribution is 0.0863. The number of fused-ring (bicyclic) bond motifs is 2. The van der Waals surface area contributed by atoms with Gasteiger partial charge in [0.2, 0.25) is 17.7 Å². The zero-order chi connectivity index (χ0) is 13.0. The molecule has 4 heteroatoms. The highest BCUT2D eigenvalue weighted by Gasteiger charge is 2.68. The molecule has 0 aromatic heterocycles. The molecule has 0 aliphatic carbocycles. The number of carbonyl (C=O) groups excluding carboxylic acids is 1. The molecule has 2 aliphatic rings. The number of benzene rings is 2. The lowest BCUT2D eigenvalue weighted by Gasteiger charge is -2.19. The van der Waals surface area contributed by atoms with E-state index in [9.17, 15) is 4.79 Å². The van der Waals surface area contributed by atoms with E-state index in [1.165, 1.54) is 0 Å². The summed E-state index contributed by atoms with van der Waals surface area (Å²) in [6.45, 7) is 0. The Bertz CT molecular complexity index is 680. The third-order valence-corrected chi connectivity index (χ3v) is 3.80. The lowest BCUT2D eigenvalue weighted by Crippen LogP contribution is -2.31. The van der Waals surface area contributed by atoms with E-state index in [0.717, 1.165) is 5.56 Å². The van der Waals surface area contributed by atoms with E-state index in [1.54, 1.807) is 36.4 Å². The topological polar surface area (TPSA) is 38.8 Å². The van der Waals surface area contributed by atoms with Crippen molar-refractivity contribution >= 4 is 17.4 Å². The van der Waals surface area contributed by atoms with Crippen LogP contribution in [0.3, 0.4) is 0 Å². The molecule has 19 heavy (non-hydrogen) atoms. The van der Waals surface area contributed by atoms with Crippen molar-refractivity contribution in [1.29, 1.82) is 0 Å². The average Bonchev–Trinajstić information content (AvgIpc) is 3.16. The quantitative estimate of drug-likeness (QED) is 0.749. The first kappa shape index (κ1) is 11.0. The van der Waals surface area contributed by atoms with E-state index < -0.39 is 11.9 Å². The zero-order valence-electron chi connectivity index (χ0n) is 9.80. The van der Waals surface area contributed by atoms with Gasteiger partial charge in [-0.25, -0.2) is 0 Å². The second-order valence-corrected chi connectivity index (χ2v) is 5.07. The lowest BCUT2D eigenvalue weighted by atomic mass is 9.88. The maximum atomic E-state index is 12.6. The largest absolute Gasteiger partial charge is 0.460 e. The molecular weight excluding hydrogens is 264 g/mol. The number of ether oxygens (including phenoxy) is 2. The fraction of sp³-hybridized carbons (Fsp3) is 0.133. The van der Waals surface area contributed by atoms with Gasteiger partial charge in [0.1, 0.15) is 5.75 Å². The SMILES string of the molecule is O=C1c2ccccc2OC2OC12c1ccc(Cl)cc1. The fourth-order valence-corrected chi connectivity index (χ4v) is 2.63. The highest BCUT2D eigenvalue weighted by atomic mass is 35.5. The van der Waals surface area contributed by atoms with Crippen molar-refractivity contribution in [2.75, 3.05) is 0 Å². The van der Waals surface area contributed by atoms with Crippen LogP contribution in [0.4, 0.5) is 0 Å². The van der Waals surface area contributed by atoms with Gasteiger partial charge in [0.05, 0.1) is 5.56 Å². The van der Waals surface area contributed by atoms with Crippen molar-refractivity contribution in [3.8, 4) is 5.75 Å². The van der Waals surface area contributed by atoms with Crippen molar-refractivity contribution in [3.63, 3.8) is 0 Å². The van der Waals surface area contributed by atoms with E-state index >= 15 is 0 Å². The second kappa shape index (κ2) is 3.59. The molecule has 2 aliphatic heterocycles. The first-order valence-corrected chi connectivity index (χ1v) is 6.34. The van der Waals surface area contributed by atoms with Crippen LogP contribution in [0.1, 0.15) is 15.9 Å². The highest BCUT2D eigenvalue weighted by molar-refractivity contribution is 6.30. The summed E-state index contributed by atoms with van der Waals surface area (Å²) in [5, 5.41) is 0.627. The highest BCUT2D eigenvalue weighted by Crippen LogP contribution is 2.53. The number of rotatable bonds is 1. The number of ketones is 1. The molecule has 2 heterocycles. The predicted molar refractivity (Wildman–Crippen MR) is 69.4 cm³/mol. The number of hydrogen-bond donors (Lipinski definition) is 0. The molecule has 0 N–H and O–H groups in total. The van der Waals surface area contributed by atoms with Gasteiger partial charge in [0, 0.05) is 5.02 Å². The fourth-order valence-electron chi connectivity index (χ4n) is 2.51. The summed E-state index contributed by atoms with van der Waals surface area (Å²) >= 11 is 5.87. The minimum atomic E-state index is -0.987. The molecule has 0 saturated carbocycles. The van der Waals surface area contributed by atoms with Gasteiger partial charge in [-0.15, -0.1) is 0 Å². The van der Waals surface area contributed by atoms with Gasteiger partial charge in [0.15, 0.2) is 0 Å². The normalized spacial score (nSPS) is 27.2. The molecule has 2 aromatic rings. The number of halogens is 1. The van der Waals surface area contributed by atoms with Gasteiger partial charge in [-0.05, 0) is 29.8 Å². The van der Waals surface area contributed by atoms with Crippen LogP contribution >= 0.6 is 11.6 Å². The van der Waals surface area contributed by atoms with Gasteiger partial charge < -0.3 is 9.47 Å². The Balaban J connectivity index is 1.83. The van der Waals surface area contributed by atoms with Crippen molar-refractivity contribution in [2.45, 2.75) is 11.9 Å². The zero-order valence-corrected chi connectivity index (χ0v) is 10.6. The monoisotopic (exact) mass is 272 g/mol. The van der Waals surface area contributed by atoms with Crippen LogP contribution < -0.4 is 4.74 Å². The van der Waals surface area contributed by atoms with Crippen LogP contribution in [0.25, 0.3) is 0 Å². The van der Waals surface area contributed by atoms with Crippen molar-refractivity contribution < 1.29 is 14.3 Å². The Morgan fingerprint density at radius 2 is 1.79 bits per heavy atom. The summed E-state index contributed by atoms with van der Waals surface area (Å²) in [5.74, 6) is 0.529. The number of para-hydroxylation sites is 1. The molecule has 0 radical (unpaired) electrons. The molecule has 0 spiro atoms. The van der Waals surface area contributed by atoms with E-state index in [4.69, 9.17) is 21.1 Å². The Kier molecular flexibility index (Phi) is 2.08. The van der Waals surface area contributed by atoms with Crippen molar-refractivity contribution in [1.82, 2.24) is 0 Å². The summed E-state index contributed by atoms with van der Waals surface area (Å²) in [4.78, 5) is 12.6. The van der Waals surface area contributed by atoms with E-state index in [2.05, 4.69) is 0 Å². The molecule has 2 unspecified atom stereocenters. The van der Waals surface area contributed by atoms with E-state index in [0.29, 0.717) is 16.3 Å². The van der Waals surface area contributed by atoms with Gasteiger partial charge >= 0.3 is 0 Å². The van der Waals surface area contributed by atoms with Crippen LogP contribution in [-0.2, 0) is 10.3 Å². The summed E-state index contributed by atoms with van der Waals surface area (Å²) in [5.41, 5.74) is 0.353. The molecule has 4 rings (SSSR count). The molecule has 1 saturated heterocycles. The summed E-state index contributed by atoms with van der Waals surface area (Å²) in [6, 6.07) is 14.3. The van der Waals surface area contributed by atoms with Crippen LogP contribution in [0, 0.1) is 0 Å². The van der Waals surface area contributed by atoms with Crippen LogP contribution in [-0.4, -0.2) is 12.1 Å². The molecule has 94 valence electrons.